The monoisotopic (exact) mass is 634 g/mol. The number of thiophene rings is 1. The molecule has 14 heteroatoms. The van der Waals surface area contributed by atoms with Gasteiger partial charge in [0.2, 0.25) is 5.91 Å². The van der Waals surface area contributed by atoms with Crippen LogP contribution in [0.15, 0.2) is 6.20 Å². The summed E-state index contributed by atoms with van der Waals surface area (Å²) in [5, 5.41) is 13.8. The van der Waals surface area contributed by atoms with Crippen molar-refractivity contribution in [1.29, 1.82) is 5.26 Å². The van der Waals surface area contributed by atoms with Crippen molar-refractivity contribution < 1.29 is 23.0 Å². The van der Waals surface area contributed by atoms with Crippen LogP contribution >= 0.6 is 11.3 Å². The molecule has 45 heavy (non-hydrogen) atoms. The van der Waals surface area contributed by atoms with Crippen LogP contribution in [-0.4, -0.2) is 77.5 Å². The first-order valence-corrected chi connectivity index (χ1v) is 15.6. The number of ether oxygens (including phenoxy) is 2. The molecule has 1 saturated carbocycles. The number of rotatable bonds is 8. The second kappa shape index (κ2) is 11.0. The lowest BCUT2D eigenvalue weighted by atomic mass is 9.93. The average molecular weight is 635 g/mol. The van der Waals surface area contributed by atoms with Crippen molar-refractivity contribution in [3.05, 3.63) is 34.5 Å². The van der Waals surface area contributed by atoms with Crippen molar-refractivity contribution >= 4 is 49.1 Å². The van der Waals surface area contributed by atoms with Gasteiger partial charge in [-0.15, -0.1) is 11.3 Å². The van der Waals surface area contributed by atoms with E-state index in [1.54, 1.807) is 11.9 Å². The summed E-state index contributed by atoms with van der Waals surface area (Å²) in [6, 6.07) is 1.44. The number of aromatic nitrogens is 3. The van der Waals surface area contributed by atoms with E-state index in [1.165, 1.54) is 0 Å². The van der Waals surface area contributed by atoms with Gasteiger partial charge >= 0.3 is 6.01 Å². The molecule has 2 aliphatic heterocycles. The van der Waals surface area contributed by atoms with Crippen molar-refractivity contribution in [2.45, 2.75) is 44.9 Å². The lowest BCUT2D eigenvalue weighted by molar-refractivity contribution is -0.132. The third-order valence-electron chi connectivity index (χ3n) is 8.91. The van der Waals surface area contributed by atoms with Crippen molar-refractivity contribution in [3.8, 4) is 23.3 Å². The second-order valence-electron chi connectivity index (χ2n) is 12.5. The molecule has 1 saturated heterocycles. The van der Waals surface area contributed by atoms with Gasteiger partial charge in [-0.1, -0.05) is 0 Å². The van der Waals surface area contributed by atoms with Gasteiger partial charge in [-0.05, 0) is 50.9 Å². The van der Waals surface area contributed by atoms with Crippen LogP contribution in [0.25, 0.3) is 32.2 Å². The molecule has 3 aromatic heterocycles. The molecule has 5 heterocycles. The Balaban J connectivity index is 1.43. The summed E-state index contributed by atoms with van der Waals surface area (Å²) in [5.41, 5.74) is 7.29. The van der Waals surface area contributed by atoms with Gasteiger partial charge in [-0.3, -0.25) is 9.78 Å². The van der Waals surface area contributed by atoms with Crippen molar-refractivity contribution in [1.82, 2.24) is 24.8 Å². The van der Waals surface area contributed by atoms with E-state index < -0.39 is 17.7 Å². The van der Waals surface area contributed by atoms with Gasteiger partial charge in [0.1, 0.15) is 28.4 Å². The lowest BCUT2D eigenvalue weighted by Gasteiger charge is -2.30. The van der Waals surface area contributed by atoms with Crippen molar-refractivity contribution in [2.75, 3.05) is 51.9 Å². The predicted molar refractivity (Wildman–Crippen MR) is 166 cm³/mol. The summed E-state index contributed by atoms with van der Waals surface area (Å²) in [5.74, 6) is -1.19. The molecule has 3 aliphatic rings. The summed E-state index contributed by atoms with van der Waals surface area (Å²) in [4.78, 5) is 30.4. The maximum atomic E-state index is 17.1. The molecular formula is C31H32F2N8O3S. The number of hydrogen-bond donors (Lipinski definition) is 2. The van der Waals surface area contributed by atoms with Crippen LogP contribution in [0.5, 0.6) is 6.01 Å². The van der Waals surface area contributed by atoms with Crippen LogP contribution in [0.4, 0.5) is 19.6 Å². The van der Waals surface area contributed by atoms with Crippen molar-refractivity contribution in [3.63, 3.8) is 0 Å². The lowest BCUT2D eigenvalue weighted by Crippen LogP contribution is -2.45. The quantitative estimate of drug-likeness (QED) is 0.286. The number of anilines is 2. The molecule has 7 rings (SSSR count). The van der Waals surface area contributed by atoms with Gasteiger partial charge in [-0.2, -0.15) is 15.2 Å². The highest BCUT2D eigenvalue weighted by Crippen LogP contribution is 2.48. The van der Waals surface area contributed by atoms with Crippen LogP contribution in [0, 0.1) is 28.4 Å². The molecule has 1 amide bonds. The Hall–Kier alpha value is -4.19. The fourth-order valence-corrected chi connectivity index (χ4v) is 7.48. The minimum atomic E-state index is -0.736. The molecule has 0 bridgehead atoms. The van der Waals surface area contributed by atoms with Gasteiger partial charge in [0.05, 0.1) is 47.4 Å². The highest BCUT2D eigenvalue weighted by Gasteiger charge is 2.44. The van der Waals surface area contributed by atoms with Crippen LogP contribution in [0.2, 0.25) is 0 Å². The molecule has 1 unspecified atom stereocenters. The molecule has 1 atom stereocenters. The number of carbonyl (C=O) groups excluding carboxylic acids is 1. The van der Waals surface area contributed by atoms with E-state index in [1.807, 2.05) is 20.2 Å². The number of nitrogens with zero attached hydrogens (tertiary/aromatic N) is 6. The SMILES string of the molecule is CN(C)CC1(COc2nc(NC3CCCN(C)C3=O)c3c4c(c(-c5ncc(F)c6sc(N)c(C#N)c56)c(F)c3n2)COC4)CC1. The van der Waals surface area contributed by atoms with Crippen LogP contribution in [-0.2, 0) is 22.7 Å². The van der Waals surface area contributed by atoms with Crippen LogP contribution in [0.1, 0.15) is 42.4 Å². The fraction of sp³-hybridized carbons (Fsp3) is 0.452. The van der Waals surface area contributed by atoms with E-state index in [2.05, 4.69) is 20.2 Å². The number of halogens is 2. The van der Waals surface area contributed by atoms with E-state index in [-0.39, 0.29) is 73.8 Å². The summed E-state index contributed by atoms with van der Waals surface area (Å²) < 4.78 is 44.1. The Morgan fingerprint density at radius 3 is 2.78 bits per heavy atom. The number of amides is 1. The molecule has 2 fully saturated rings. The average Bonchev–Trinajstić information content (AvgIpc) is 3.42. The highest BCUT2D eigenvalue weighted by atomic mass is 32.1. The van der Waals surface area contributed by atoms with Crippen LogP contribution in [0.3, 0.4) is 0 Å². The smallest absolute Gasteiger partial charge is 0.319 e. The number of fused-ring (bicyclic) bond motifs is 4. The second-order valence-corrected chi connectivity index (χ2v) is 13.5. The first-order valence-electron chi connectivity index (χ1n) is 14.8. The normalized spacial score (nSPS) is 18.9. The van der Waals surface area contributed by atoms with Gasteiger partial charge < -0.3 is 30.3 Å². The molecule has 0 radical (unpaired) electrons. The number of benzene rings is 1. The number of hydrogen-bond acceptors (Lipinski definition) is 11. The molecule has 11 nitrogen and oxygen atoms in total. The molecule has 1 aromatic carbocycles. The maximum Gasteiger partial charge on any atom is 0.319 e. The number of likely N-dealkylation sites (N-methyl/N-ethyl adjacent to an activating group) is 1. The van der Waals surface area contributed by atoms with Gasteiger partial charge in [0.25, 0.3) is 0 Å². The number of pyridine rings is 1. The molecule has 0 spiro atoms. The number of piperidine rings is 1. The standard InChI is InChI=1S/C31H32F2N8O3S/c1-40(2)13-31(6-7-31)14-44-30-38-25-22(28(39-30)37-19-5-4-8-41(3)29(19)42)17-12-43-11-16(17)20(23(25)33)24-21-15(9-34)27(35)45-26(21)18(32)10-36-24/h10,19H,4-8,11-14,35H2,1-3H3,(H,37,38,39). The summed E-state index contributed by atoms with van der Waals surface area (Å²) >= 11 is 0.917. The van der Waals surface area contributed by atoms with Crippen LogP contribution < -0.4 is 15.8 Å². The predicted octanol–water partition coefficient (Wildman–Crippen LogP) is 4.42. The number of nitrogen functional groups attached to an aromatic ring is 1. The van der Waals surface area contributed by atoms with Crippen molar-refractivity contribution in [2.24, 2.45) is 5.41 Å². The Labute approximate surface area is 261 Å². The first kappa shape index (κ1) is 29.5. The zero-order valence-electron chi connectivity index (χ0n) is 25.2. The number of nitrogens with two attached hydrogens (primary N) is 1. The van der Waals surface area contributed by atoms with Gasteiger partial charge in [-0.25, -0.2) is 8.78 Å². The first-order chi connectivity index (χ1) is 21.6. The van der Waals surface area contributed by atoms with Gasteiger partial charge in [0.15, 0.2) is 11.6 Å². The summed E-state index contributed by atoms with van der Waals surface area (Å²) in [7, 11) is 5.76. The van der Waals surface area contributed by atoms with E-state index >= 15 is 4.39 Å². The molecule has 3 N–H and O–H groups in total. The Morgan fingerprint density at radius 1 is 1.27 bits per heavy atom. The Kier molecular flexibility index (Phi) is 7.22. The number of carbonyl (C=O) groups is 1. The molecule has 1 aliphatic carbocycles. The largest absolute Gasteiger partial charge is 0.463 e. The number of likely N-dealkylation sites (tertiary alicyclic amines) is 1. The number of nitrogens with one attached hydrogen (secondary N) is 1. The van der Waals surface area contributed by atoms with E-state index in [4.69, 9.17) is 20.2 Å². The Bertz CT molecular complexity index is 1920. The molecule has 4 aromatic rings. The highest BCUT2D eigenvalue weighted by molar-refractivity contribution is 7.23. The third-order valence-corrected chi connectivity index (χ3v) is 9.94. The summed E-state index contributed by atoms with van der Waals surface area (Å²) in [6.07, 6.45) is 4.38. The summed E-state index contributed by atoms with van der Waals surface area (Å²) in [6.45, 7) is 2.01. The van der Waals surface area contributed by atoms with E-state index in [9.17, 15) is 14.4 Å². The van der Waals surface area contributed by atoms with Gasteiger partial charge in [0, 0.05) is 36.5 Å². The zero-order chi connectivity index (χ0) is 31.6. The minimum absolute atomic E-state index is 0.0231. The fourth-order valence-electron chi connectivity index (χ4n) is 6.56. The molecular weight excluding hydrogens is 602 g/mol. The zero-order valence-corrected chi connectivity index (χ0v) is 26.0. The molecule has 234 valence electrons. The van der Waals surface area contributed by atoms with E-state index in [0.29, 0.717) is 36.1 Å². The topological polar surface area (TPSA) is 143 Å². The maximum absolute atomic E-state index is 17.1. The Morgan fingerprint density at radius 2 is 2.04 bits per heavy atom. The van der Waals surface area contributed by atoms with E-state index in [0.717, 1.165) is 43.3 Å². The third kappa shape index (κ3) is 4.99. The number of nitriles is 1. The minimum Gasteiger partial charge on any atom is -0.463 e.